The molecule has 1 aromatic carbocycles. The molecule has 3 aromatic heterocycles. The van der Waals surface area contributed by atoms with Crippen molar-refractivity contribution in [3.8, 4) is 22.5 Å². The monoisotopic (exact) mass is 372 g/mol. The number of fused-ring (bicyclic) bond motifs is 1. The first-order valence-corrected chi connectivity index (χ1v) is 9.51. The molecule has 0 spiro atoms. The van der Waals surface area contributed by atoms with Crippen molar-refractivity contribution in [2.45, 2.75) is 32.2 Å². The van der Waals surface area contributed by atoms with Crippen LogP contribution >= 0.6 is 0 Å². The number of hydrogen-bond acceptors (Lipinski definition) is 4. The number of amides is 1. The molecule has 0 unspecified atom stereocenters. The number of nitrogens with zero attached hydrogens (tertiary/aromatic N) is 3. The number of carbonyl (C=O) groups excluding carboxylic acids is 1. The number of hydrogen-bond donors (Lipinski definition) is 1. The summed E-state index contributed by atoms with van der Waals surface area (Å²) in [6.07, 6.45) is 7.13. The zero-order valence-electron chi connectivity index (χ0n) is 15.6. The van der Waals surface area contributed by atoms with Crippen molar-refractivity contribution in [3.05, 3.63) is 66.2 Å². The Balaban J connectivity index is 1.52. The van der Waals surface area contributed by atoms with Gasteiger partial charge in [0.1, 0.15) is 17.1 Å². The fourth-order valence-corrected chi connectivity index (χ4v) is 3.53. The van der Waals surface area contributed by atoms with E-state index in [0.29, 0.717) is 17.4 Å². The van der Waals surface area contributed by atoms with E-state index in [2.05, 4.69) is 10.5 Å². The van der Waals surface area contributed by atoms with E-state index in [1.165, 1.54) is 6.42 Å². The zero-order valence-corrected chi connectivity index (χ0v) is 15.6. The van der Waals surface area contributed by atoms with E-state index in [9.17, 15) is 4.79 Å². The Kier molecular flexibility index (Phi) is 3.97. The van der Waals surface area contributed by atoms with E-state index in [1.807, 2.05) is 66.2 Å². The van der Waals surface area contributed by atoms with Crippen molar-refractivity contribution in [1.82, 2.24) is 19.9 Å². The van der Waals surface area contributed by atoms with Gasteiger partial charge in [-0.3, -0.25) is 4.79 Å². The number of benzene rings is 1. The highest BCUT2D eigenvalue weighted by atomic mass is 16.5. The number of pyridine rings is 1. The van der Waals surface area contributed by atoms with Crippen LogP contribution in [0.15, 0.2) is 59.4 Å². The maximum absolute atomic E-state index is 12.4. The van der Waals surface area contributed by atoms with Gasteiger partial charge in [-0.1, -0.05) is 35.5 Å². The van der Waals surface area contributed by atoms with Gasteiger partial charge in [-0.25, -0.2) is 4.98 Å². The maximum Gasteiger partial charge on any atom is 0.251 e. The molecule has 0 radical (unpaired) electrons. The third kappa shape index (κ3) is 2.87. The Morgan fingerprint density at radius 3 is 2.79 bits per heavy atom. The highest BCUT2D eigenvalue weighted by Gasteiger charge is 2.22. The predicted octanol–water partition coefficient (Wildman–Crippen LogP) is 4.25. The minimum Gasteiger partial charge on any atom is -0.360 e. The molecule has 1 N–H and O–H groups in total. The fraction of sp³-hybridized carbons (Fsp3) is 0.227. The molecular formula is C22H20N4O2. The second-order valence-electron chi connectivity index (χ2n) is 7.24. The van der Waals surface area contributed by atoms with Gasteiger partial charge in [-0.2, -0.15) is 0 Å². The first-order valence-electron chi connectivity index (χ1n) is 9.51. The van der Waals surface area contributed by atoms with Crippen LogP contribution in [0.5, 0.6) is 0 Å². The molecule has 5 rings (SSSR count). The largest absolute Gasteiger partial charge is 0.360 e. The number of imidazole rings is 1. The molecule has 1 saturated carbocycles. The Morgan fingerprint density at radius 2 is 2.04 bits per heavy atom. The molecule has 0 saturated heterocycles. The Hall–Kier alpha value is -3.41. The lowest BCUT2D eigenvalue weighted by Gasteiger charge is -2.26. The number of aryl methyl sites for hydroxylation is 1. The van der Waals surface area contributed by atoms with E-state index in [4.69, 9.17) is 9.51 Å². The van der Waals surface area contributed by atoms with Gasteiger partial charge in [-0.15, -0.1) is 0 Å². The molecule has 3 heterocycles. The topological polar surface area (TPSA) is 72.4 Å². The van der Waals surface area contributed by atoms with E-state index < -0.39 is 0 Å². The lowest BCUT2D eigenvalue weighted by Crippen LogP contribution is -2.39. The molecule has 6 nitrogen and oxygen atoms in total. The van der Waals surface area contributed by atoms with Crippen LogP contribution in [0.2, 0.25) is 0 Å². The van der Waals surface area contributed by atoms with Gasteiger partial charge in [0.15, 0.2) is 0 Å². The lowest BCUT2D eigenvalue weighted by molar-refractivity contribution is 0.0917. The molecule has 6 heteroatoms. The minimum absolute atomic E-state index is 0.0390. The van der Waals surface area contributed by atoms with Crippen molar-refractivity contribution in [2.24, 2.45) is 0 Å². The van der Waals surface area contributed by atoms with Gasteiger partial charge < -0.3 is 14.2 Å². The van der Waals surface area contributed by atoms with Crippen LogP contribution in [0.3, 0.4) is 0 Å². The van der Waals surface area contributed by atoms with E-state index in [1.54, 1.807) is 0 Å². The summed E-state index contributed by atoms with van der Waals surface area (Å²) in [5, 5.41) is 7.31. The maximum atomic E-state index is 12.4. The molecule has 28 heavy (non-hydrogen) atoms. The minimum atomic E-state index is -0.0390. The summed E-state index contributed by atoms with van der Waals surface area (Å²) >= 11 is 0. The van der Waals surface area contributed by atoms with E-state index in [-0.39, 0.29) is 5.91 Å². The summed E-state index contributed by atoms with van der Waals surface area (Å²) in [7, 11) is 0. The highest BCUT2D eigenvalue weighted by Crippen LogP contribution is 2.33. The molecule has 0 aliphatic heterocycles. The highest BCUT2D eigenvalue weighted by molar-refractivity contribution is 5.95. The fourth-order valence-electron chi connectivity index (χ4n) is 3.53. The summed E-state index contributed by atoms with van der Waals surface area (Å²) in [6.45, 7) is 1.89. The summed E-state index contributed by atoms with van der Waals surface area (Å²) in [4.78, 5) is 17.2. The summed E-state index contributed by atoms with van der Waals surface area (Å²) in [5.41, 5.74) is 4.73. The molecule has 0 atom stereocenters. The smallest absolute Gasteiger partial charge is 0.251 e. The normalized spacial score (nSPS) is 14.2. The quantitative estimate of drug-likeness (QED) is 0.581. The Bertz CT molecular complexity index is 1160. The molecule has 1 amide bonds. The van der Waals surface area contributed by atoms with Crippen molar-refractivity contribution >= 4 is 11.6 Å². The Morgan fingerprint density at radius 1 is 1.21 bits per heavy atom. The van der Waals surface area contributed by atoms with Gasteiger partial charge in [-0.05, 0) is 38.3 Å². The van der Waals surface area contributed by atoms with Crippen molar-refractivity contribution in [1.29, 1.82) is 0 Å². The van der Waals surface area contributed by atoms with Crippen LogP contribution in [0, 0.1) is 6.92 Å². The zero-order chi connectivity index (χ0) is 19.1. The molecule has 0 bridgehead atoms. The molecular weight excluding hydrogens is 352 g/mol. The second-order valence-corrected chi connectivity index (χ2v) is 7.24. The van der Waals surface area contributed by atoms with E-state index >= 15 is 0 Å². The first-order chi connectivity index (χ1) is 13.7. The van der Waals surface area contributed by atoms with Gasteiger partial charge >= 0.3 is 0 Å². The molecule has 4 aromatic rings. The number of aromatic nitrogens is 3. The molecule has 140 valence electrons. The number of rotatable bonds is 4. The standard InChI is InChI=1S/C22H20N4O2/c1-14-20(21(25-28-14)15-6-3-2-4-7-15)18-13-26-11-10-16(12-19(26)24-18)22(27)23-17-8-5-9-17/h2-4,6-7,10-13,17H,5,8-9H2,1H3,(H,23,27). The third-order valence-electron chi connectivity index (χ3n) is 5.33. The first kappa shape index (κ1) is 16.7. The molecule has 1 aliphatic rings. The summed E-state index contributed by atoms with van der Waals surface area (Å²) < 4.78 is 7.37. The van der Waals surface area contributed by atoms with Crippen molar-refractivity contribution in [2.75, 3.05) is 0 Å². The van der Waals surface area contributed by atoms with Crippen LogP contribution in [0.25, 0.3) is 28.2 Å². The van der Waals surface area contributed by atoms with E-state index in [0.717, 1.165) is 41.0 Å². The van der Waals surface area contributed by atoms with Crippen LogP contribution < -0.4 is 5.32 Å². The lowest BCUT2D eigenvalue weighted by atomic mass is 9.93. The van der Waals surface area contributed by atoms with Crippen molar-refractivity contribution < 1.29 is 9.32 Å². The van der Waals surface area contributed by atoms with Crippen LogP contribution in [0.1, 0.15) is 35.4 Å². The molecule has 1 aliphatic carbocycles. The van der Waals surface area contributed by atoms with Gasteiger partial charge in [0, 0.05) is 29.6 Å². The average molecular weight is 372 g/mol. The van der Waals surface area contributed by atoms with Gasteiger partial charge in [0.2, 0.25) is 0 Å². The third-order valence-corrected chi connectivity index (χ3v) is 5.33. The average Bonchev–Trinajstić information content (AvgIpc) is 3.27. The van der Waals surface area contributed by atoms with Crippen LogP contribution in [-0.4, -0.2) is 26.5 Å². The van der Waals surface area contributed by atoms with Gasteiger partial charge in [0.25, 0.3) is 5.91 Å². The predicted molar refractivity (Wildman–Crippen MR) is 106 cm³/mol. The second kappa shape index (κ2) is 6.64. The summed E-state index contributed by atoms with van der Waals surface area (Å²) in [6, 6.07) is 13.9. The Labute approximate surface area is 162 Å². The van der Waals surface area contributed by atoms with Crippen molar-refractivity contribution in [3.63, 3.8) is 0 Å². The molecule has 1 fully saturated rings. The SMILES string of the molecule is Cc1onc(-c2ccccc2)c1-c1cn2ccc(C(=O)NC3CCC3)cc2n1. The summed E-state index contributed by atoms with van der Waals surface area (Å²) in [5.74, 6) is 0.674. The number of nitrogens with one attached hydrogen (secondary N) is 1. The number of carbonyl (C=O) groups is 1. The van der Waals surface area contributed by atoms with Crippen LogP contribution in [-0.2, 0) is 0 Å². The van der Waals surface area contributed by atoms with Gasteiger partial charge in [0.05, 0.1) is 11.3 Å². The van der Waals surface area contributed by atoms with Crippen LogP contribution in [0.4, 0.5) is 0 Å².